The largest absolute Gasteiger partial charge is 0.496 e. The molecule has 2 rings (SSSR count). The van der Waals surface area contributed by atoms with E-state index in [0.717, 1.165) is 5.56 Å². The molecule has 0 saturated carbocycles. The van der Waals surface area contributed by atoms with Crippen LogP contribution in [0.5, 0.6) is 5.75 Å². The third-order valence-electron chi connectivity index (χ3n) is 2.89. The summed E-state index contributed by atoms with van der Waals surface area (Å²) in [6.45, 7) is 2.04. The van der Waals surface area contributed by atoms with Crippen molar-refractivity contribution in [2.24, 2.45) is 0 Å². The fraction of sp³-hybridized carbons (Fsp3) is 0.286. The molecule has 1 aromatic carbocycles. The zero-order valence-electron chi connectivity index (χ0n) is 10.7. The molecule has 0 aliphatic heterocycles. The van der Waals surface area contributed by atoms with E-state index in [2.05, 4.69) is 11.4 Å². The summed E-state index contributed by atoms with van der Waals surface area (Å²) in [6.07, 6.45) is 0. The Bertz CT molecular complexity index is 538. The van der Waals surface area contributed by atoms with E-state index in [4.69, 9.17) is 4.74 Å². The predicted octanol–water partition coefficient (Wildman–Crippen LogP) is 3.51. The summed E-state index contributed by atoms with van der Waals surface area (Å²) in [5, 5.41) is 5.19. The number of hydrogen-bond donors (Lipinski definition) is 1. The summed E-state index contributed by atoms with van der Waals surface area (Å²) in [5.74, 6) is 0.316. The highest BCUT2D eigenvalue weighted by Gasteiger charge is 2.21. The fourth-order valence-electron chi connectivity index (χ4n) is 2.07. The van der Waals surface area contributed by atoms with Crippen molar-refractivity contribution in [3.63, 3.8) is 0 Å². The normalized spacial score (nSPS) is 12.4. The van der Waals surface area contributed by atoms with Gasteiger partial charge in [0.05, 0.1) is 18.7 Å². The number of nitrogens with one attached hydrogen (secondary N) is 1. The number of methoxy groups -OCH3 is 1. The molecule has 2 aromatic rings. The van der Waals surface area contributed by atoms with Gasteiger partial charge in [-0.2, -0.15) is 0 Å². The van der Waals surface area contributed by atoms with Crippen LogP contribution in [0.4, 0.5) is 4.39 Å². The Labute approximate surface area is 110 Å². The minimum Gasteiger partial charge on any atom is -0.496 e. The van der Waals surface area contributed by atoms with E-state index in [1.165, 1.54) is 10.9 Å². The lowest BCUT2D eigenvalue weighted by Crippen LogP contribution is -2.19. The first kappa shape index (κ1) is 13.1. The van der Waals surface area contributed by atoms with Gasteiger partial charge in [0.1, 0.15) is 11.6 Å². The average Bonchev–Trinajstić information content (AvgIpc) is 2.78. The molecule has 0 fully saturated rings. The van der Waals surface area contributed by atoms with E-state index in [-0.39, 0.29) is 11.9 Å². The van der Waals surface area contributed by atoms with Crippen LogP contribution in [0.25, 0.3) is 0 Å². The summed E-state index contributed by atoms with van der Waals surface area (Å²) < 4.78 is 19.3. The first-order valence-corrected chi connectivity index (χ1v) is 6.60. The van der Waals surface area contributed by atoms with E-state index in [9.17, 15) is 4.39 Å². The third-order valence-corrected chi connectivity index (χ3v) is 3.77. The molecule has 0 aliphatic rings. The van der Waals surface area contributed by atoms with E-state index in [0.29, 0.717) is 11.3 Å². The smallest absolute Gasteiger partial charge is 0.132 e. The molecule has 0 saturated heterocycles. The highest BCUT2D eigenvalue weighted by Crippen LogP contribution is 2.33. The molecule has 18 heavy (non-hydrogen) atoms. The van der Waals surface area contributed by atoms with Gasteiger partial charge < -0.3 is 10.1 Å². The van der Waals surface area contributed by atoms with Crippen molar-refractivity contribution in [1.29, 1.82) is 0 Å². The van der Waals surface area contributed by atoms with Gasteiger partial charge in [-0.3, -0.25) is 0 Å². The number of benzene rings is 1. The summed E-state index contributed by atoms with van der Waals surface area (Å²) in [4.78, 5) is 1.21. The zero-order valence-corrected chi connectivity index (χ0v) is 11.5. The van der Waals surface area contributed by atoms with Crippen molar-refractivity contribution >= 4 is 11.3 Å². The lowest BCUT2D eigenvalue weighted by atomic mass is 9.99. The molecule has 0 amide bonds. The first-order valence-electron chi connectivity index (χ1n) is 5.72. The van der Waals surface area contributed by atoms with Crippen molar-refractivity contribution in [2.75, 3.05) is 14.2 Å². The van der Waals surface area contributed by atoms with Gasteiger partial charge in [0, 0.05) is 4.88 Å². The molecule has 2 nitrogen and oxygen atoms in total. The van der Waals surface area contributed by atoms with Crippen LogP contribution in [0.3, 0.4) is 0 Å². The molecule has 96 valence electrons. The van der Waals surface area contributed by atoms with Crippen LogP contribution >= 0.6 is 11.3 Å². The molecule has 0 bridgehead atoms. The van der Waals surface area contributed by atoms with Crippen LogP contribution in [0.1, 0.15) is 22.0 Å². The molecule has 0 radical (unpaired) electrons. The maximum Gasteiger partial charge on any atom is 0.132 e. The van der Waals surface area contributed by atoms with Gasteiger partial charge in [-0.15, -0.1) is 11.3 Å². The number of hydrogen-bond acceptors (Lipinski definition) is 3. The van der Waals surface area contributed by atoms with Crippen LogP contribution in [-0.2, 0) is 0 Å². The lowest BCUT2D eigenvalue weighted by Gasteiger charge is -2.19. The Kier molecular flexibility index (Phi) is 3.99. The Hall–Kier alpha value is -1.39. The highest BCUT2D eigenvalue weighted by molar-refractivity contribution is 7.10. The van der Waals surface area contributed by atoms with Gasteiger partial charge in [0.25, 0.3) is 0 Å². The van der Waals surface area contributed by atoms with Crippen LogP contribution in [0.2, 0.25) is 0 Å². The first-order chi connectivity index (χ1) is 8.67. The minimum atomic E-state index is -0.252. The van der Waals surface area contributed by atoms with Crippen LogP contribution in [-0.4, -0.2) is 14.2 Å². The fourth-order valence-corrected chi connectivity index (χ4v) is 2.80. The molecule has 1 heterocycles. The second kappa shape index (κ2) is 5.50. The lowest BCUT2D eigenvalue weighted by molar-refractivity contribution is 0.399. The van der Waals surface area contributed by atoms with Crippen molar-refractivity contribution in [3.05, 3.63) is 51.5 Å². The maximum absolute atomic E-state index is 14.1. The molecule has 1 unspecified atom stereocenters. The molecule has 1 N–H and O–H groups in total. The minimum absolute atomic E-state index is 0.189. The Balaban J connectivity index is 2.51. The van der Waals surface area contributed by atoms with E-state index in [1.807, 2.05) is 19.4 Å². The topological polar surface area (TPSA) is 21.3 Å². The van der Waals surface area contributed by atoms with Crippen molar-refractivity contribution in [1.82, 2.24) is 5.32 Å². The molecule has 1 aromatic heterocycles. The molecule has 0 aliphatic carbocycles. The summed E-state index contributed by atoms with van der Waals surface area (Å²) in [6, 6.07) is 6.77. The number of ether oxygens (including phenoxy) is 1. The SMILES string of the molecule is CNC(c1csc(C)c1)c1c(F)cccc1OC. The second-order valence-corrected chi connectivity index (χ2v) is 5.18. The van der Waals surface area contributed by atoms with Gasteiger partial charge in [-0.25, -0.2) is 4.39 Å². The van der Waals surface area contributed by atoms with Gasteiger partial charge in [0.15, 0.2) is 0 Å². The molecule has 4 heteroatoms. The van der Waals surface area contributed by atoms with Crippen molar-refractivity contribution < 1.29 is 9.13 Å². The maximum atomic E-state index is 14.1. The zero-order chi connectivity index (χ0) is 13.1. The standard InChI is InChI=1S/C14H16FNOS/c1-9-7-10(8-18-9)14(16-2)13-11(15)5-4-6-12(13)17-3/h4-8,14,16H,1-3H3. The summed E-state index contributed by atoms with van der Waals surface area (Å²) >= 11 is 1.66. The quantitative estimate of drug-likeness (QED) is 0.913. The van der Waals surface area contributed by atoms with Gasteiger partial charge in [0.2, 0.25) is 0 Å². The van der Waals surface area contributed by atoms with Gasteiger partial charge in [-0.1, -0.05) is 6.07 Å². The van der Waals surface area contributed by atoms with Gasteiger partial charge >= 0.3 is 0 Å². The van der Waals surface area contributed by atoms with Crippen molar-refractivity contribution in [2.45, 2.75) is 13.0 Å². The van der Waals surface area contributed by atoms with Gasteiger partial charge in [-0.05, 0) is 43.1 Å². The summed E-state index contributed by atoms with van der Waals surface area (Å²) in [5.41, 5.74) is 1.61. The van der Waals surface area contributed by atoms with E-state index >= 15 is 0 Å². The molecule has 1 atom stereocenters. The van der Waals surface area contributed by atoms with Crippen LogP contribution in [0, 0.1) is 12.7 Å². The monoisotopic (exact) mass is 265 g/mol. The Morgan fingerprint density at radius 2 is 2.17 bits per heavy atom. The van der Waals surface area contributed by atoms with Crippen LogP contribution < -0.4 is 10.1 Å². The van der Waals surface area contributed by atoms with Crippen LogP contribution in [0.15, 0.2) is 29.6 Å². The van der Waals surface area contributed by atoms with Crippen molar-refractivity contribution in [3.8, 4) is 5.75 Å². The van der Waals surface area contributed by atoms with E-state index in [1.54, 1.807) is 30.6 Å². The number of halogens is 1. The number of rotatable bonds is 4. The Morgan fingerprint density at radius 3 is 2.72 bits per heavy atom. The molecular weight excluding hydrogens is 249 g/mol. The Morgan fingerprint density at radius 1 is 1.39 bits per heavy atom. The average molecular weight is 265 g/mol. The number of aryl methyl sites for hydroxylation is 1. The highest BCUT2D eigenvalue weighted by atomic mass is 32.1. The summed E-state index contributed by atoms with van der Waals surface area (Å²) in [7, 11) is 3.38. The third kappa shape index (κ3) is 2.40. The molecular formula is C14H16FNOS. The second-order valence-electron chi connectivity index (χ2n) is 4.07. The predicted molar refractivity (Wildman–Crippen MR) is 72.9 cm³/mol. The van der Waals surface area contributed by atoms with E-state index < -0.39 is 0 Å². The molecule has 0 spiro atoms. The number of thiophene rings is 1.